The molecule has 0 bridgehead atoms. The zero-order valence-electron chi connectivity index (χ0n) is 16.3. The minimum atomic E-state index is -1.10. The maximum Gasteiger partial charge on any atom is 0.358 e. The standard InChI is InChI=1S/C21H16Cl2F2N2O4/c1-29-13-6-4-3-5-10(13)9-31-21(28)19-14(23)17(26)16(25)18(27-19)11-7-8-12(22)20(30-2)15(11)24/h3-8H,9H2,1-2H3,(H2,26,27). The molecular weight excluding hydrogens is 453 g/mol. The average molecular weight is 469 g/mol. The molecule has 162 valence electrons. The van der Waals surface area contributed by atoms with E-state index in [2.05, 4.69) is 4.98 Å². The highest BCUT2D eigenvalue weighted by molar-refractivity contribution is 6.36. The molecule has 0 saturated heterocycles. The Kier molecular flexibility index (Phi) is 6.82. The fourth-order valence-electron chi connectivity index (χ4n) is 2.81. The van der Waals surface area contributed by atoms with Crippen LogP contribution in [0.25, 0.3) is 11.3 Å². The Labute approximate surface area is 186 Å². The van der Waals surface area contributed by atoms with Crippen molar-refractivity contribution in [1.29, 1.82) is 0 Å². The van der Waals surface area contributed by atoms with Gasteiger partial charge in [-0.15, -0.1) is 0 Å². The number of halogens is 4. The average Bonchev–Trinajstić information content (AvgIpc) is 2.77. The lowest BCUT2D eigenvalue weighted by Gasteiger charge is -2.14. The number of nitrogens with zero attached hydrogens (tertiary/aromatic N) is 1. The van der Waals surface area contributed by atoms with Gasteiger partial charge < -0.3 is 19.9 Å². The number of para-hydroxylation sites is 1. The summed E-state index contributed by atoms with van der Waals surface area (Å²) in [5.74, 6) is -2.87. The van der Waals surface area contributed by atoms with E-state index in [1.165, 1.54) is 26.4 Å². The molecule has 0 aliphatic rings. The number of aromatic nitrogens is 1. The molecule has 0 aliphatic carbocycles. The van der Waals surface area contributed by atoms with Crippen molar-refractivity contribution in [3.63, 3.8) is 0 Å². The molecule has 0 spiro atoms. The first kappa shape index (κ1) is 22.6. The molecule has 6 nitrogen and oxygen atoms in total. The van der Waals surface area contributed by atoms with E-state index in [1.807, 2.05) is 0 Å². The summed E-state index contributed by atoms with van der Waals surface area (Å²) in [5.41, 5.74) is 4.37. The third-order valence-electron chi connectivity index (χ3n) is 4.37. The molecule has 0 fully saturated rings. The van der Waals surface area contributed by atoms with Crippen molar-refractivity contribution in [2.45, 2.75) is 6.61 Å². The van der Waals surface area contributed by atoms with Crippen molar-refractivity contribution >= 4 is 34.9 Å². The molecule has 0 aliphatic heterocycles. The summed E-state index contributed by atoms with van der Waals surface area (Å²) >= 11 is 11.9. The smallest absolute Gasteiger partial charge is 0.358 e. The molecule has 3 aromatic rings. The Balaban J connectivity index is 2.01. The van der Waals surface area contributed by atoms with Crippen molar-refractivity contribution in [1.82, 2.24) is 4.98 Å². The predicted molar refractivity (Wildman–Crippen MR) is 113 cm³/mol. The molecule has 0 saturated carbocycles. The quantitative estimate of drug-likeness (QED) is 0.494. The van der Waals surface area contributed by atoms with Gasteiger partial charge in [0, 0.05) is 11.1 Å². The van der Waals surface area contributed by atoms with Gasteiger partial charge in [-0.05, 0) is 18.2 Å². The second-order valence-corrected chi connectivity index (χ2v) is 6.97. The third-order valence-corrected chi connectivity index (χ3v) is 5.05. The summed E-state index contributed by atoms with van der Waals surface area (Å²) in [5, 5.41) is -0.477. The highest BCUT2D eigenvalue weighted by Crippen LogP contribution is 2.38. The molecule has 0 radical (unpaired) electrons. The number of anilines is 1. The summed E-state index contributed by atoms with van der Waals surface area (Å²) in [6.07, 6.45) is 0. The first-order valence-corrected chi connectivity index (χ1v) is 9.51. The van der Waals surface area contributed by atoms with Gasteiger partial charge in [-0.25, -0.2) is 18.6 Å². The Morgan fingerprint density at radius 3 is 2.45 bits per heavy atom. The third kappa shape index (κ3) is 4.35. The Morgan fingerprint density at radius 1 is 1.06 bits per heavy atom. The first-order valence-electron chi connectivity index (χ1n) is 8.76. The van der Waals surface area contributed by atoms with Crippen LogP contribution in [0.5, 0.6) is 11.5 Å². The van der Waals surface area contributed by atoms with Crippen LogP contribution in [0.3, 0.4) is 0 Å². The summed E-state index contributed by atoms with van der Waals surface area (Å²) in [4.78, 5) is 16.5. The molecule has 31 heavy (non-hydrogen) atoms. The SMILES string of the molecule is COc1ccccc1COC(=O)c1nc(-c2ccc(Cl)c(OC)c2F)c(F)c(N)c1Cl. The van der Waals surface area contributed by atoms with E-state index in [4.69, 9.17) is 43.1 Å². The van der Waals surface area contributed by atoms with Crippen LogP contribution in [0.15, 0.2) is 36.4 Å². The van der Waals surface area contributed by atoms with Gasteiger partial charge >= 0.3 is 5.97 Å². The second-order valence-electron chi connectivity index (χ2n) is 6.18. The van der Waals surface area contributed by atoms with Gasteiger partial charge in [-0.1, -0.05) is 41.4 Å². The number of hydrogen-bond acceptors (Lipinski definition) is 6. The van der Waals surface area contributed by atoms with Gasteiger partial charge in [0.05, 0.1) is 30.0 Å². The molecule has 0 atom stereocenters. The predicted octanol–water partition coefficient (Wildman–Crippen LogP) is 5.29. The Hall–Kier alpha value is -3.10. The Morgan fingerprint density at radius 2 is 1.77 bits per heavy atom. The van der Waals surface area contributed by atoms with Gasteiger partial charge in [0.25, 0.3) is 0 Å². The number of carbonyl (C=O) groups is 1. The van der Waals surface area contributed by atoms with Crippen LogP contribution >= 0.6 is 23.2 Å². The number of carbonyl (C=O) groups excluding carboxylic acids is 1. The lowest BCUT2D eigenvalue weighted by atomic mass is 10.1. The number of esters is 1. The van der Waals surface area contributed by atoms with E-state index >= 15 is 0 Å². The zero-order valence-corrected chi connectivity index (χ0v) is 17.9. The highest BCUT2D eigenvalue weighted by Gasteiger charge is 2.26. The number of pyridine rings is 1. The molecule has 2 N–H and O–H groups in total. The van der Waals surface area contributed by atoms with E-state index in [-0.39, 0.29) is 22.9 Å². The molecule has 1 heterocycles. The number of benzene rings is 2. The summed E-state index contributed by atoms with van der Waals surface area (Å²) < 4.78 is 44.9. The van der Waals surface area contributed by atoms with E-state index < -0.39 is 39.7 Å². The highest BCUT2D eigenvalue weighted by atomic mass is 35.5. The molecule has 1 aromatic heterocycles. The molecule has 0 amide bonds. The molecule has 3 rings (SSSR count). The lowest BCUT2D eigenvalue weighted by Crippen LogP contribution is -2.13. The van der Waals surface area contributed by atoms with E-state index in [0.29, 0.717) is 11.3 Å². The van der Waals surface area contributed by atoms with E-state index in [9.17, 15) is 13.6 Å². The van der Waals surface area contributed by atoms with Crippen LogP contribution < -0.4 is 15.2 Å². The summed E-state index contributed by atoms with van der Waals surface area (Å²) in [6, 6.07) is 9.36. The number of rotatable bonds is 6. The number of ether oxygens (including phenoxy) is 3. The number of nitrogen functional groups attached to an aromatic ring is 1. The van der Waals surface area contributed by atoms with E-state index in [0.717, 1.165) is 0 Å². The topological polar surface area (TPSA) is 83.7 Å². The summed E-state index contributed by atoms with van der Waals surface area (Å²) in [7, 11) is 2.68. The fraction of sp³-hybridized carbons (Fsp3) is 0.143. The van der Waals surface area contributed by atoms with E-state index in [1.54, 1.807) is 24.3 Å². The van der Waals surface area contributed by atoms with Gasteiger partial charge in [0.15, 0.2) is 23.1 Å². The Bertz CT molecular complexity index is 1160. The van der Waals surface area contributed by atoms with Gasteiger partial charge in [0.1, 0.15) is 18.1 Å². The van der Waals surface area contributed by atoms with Gasteiger partial charge in [-0.2, -0.15) is 0 Å². The van der Waals surface area contributed by atoms with Gasteiger partial charge in [-0.3, -0.25) is 0 Å². The maximum atomic E-state index is 14.8. The monoisotopic (exact) mass is 468 g/mol. The number of nitrogens with two attached hydrogens (primary N) is 1. The lowest BCUT2D eigenvalue weighted by molar-refractivity contribution is 0.0463. The molecule has 0 unspecified atom stereocenters. The number of hydrogen-bond donors (Lipinski definition) is 1. The second kappa shape index (κ2) is 9.36. The van der Waals surface area contributed by atoms with Crippen LogP contribution in [0.2, 0.25) is 10.0 Å². The zero-order chi connectivity index (χ0) is 22.7. The van der Waals surface area contributed by atoms with Crippen molar-refractivity contribution in [2.24, 2.45) is 0 Å². The largest absolute Gasteiger partial charge is 0.496 e. The van der Waals surface area contributed by atoms with Crippen LogP contribution in [-0.2, 0) is 11.3 Å². The fourth-order valence-corrected chi connectivity index (χ4v) is 3.24. The molecular formula is C21H16Cl2F2N2O4. The van der Waals surface area contributed by atoms with Crippen LogP contribution in [0.1, 0.15) is 16.1 Å². The van der Waals surface area contributed by atoms with Crippen LogP contribution in [0, 0.1) is 11.6 Å². The van der Waals surface area contributed by atoms with Crippen molar-refractivity contribution in [3.05, 3.63) is 69.3 Å². The minimum Gasteiger partial charge on any atom is -0.496 e. The van der Waals surface area contributed by atoms with Crippen molar-refractivity contribution < 1.29 is 27.8 Å². The molecule has 10 heteroatoms. The number of methoxy groups -OCH3 is 2. The van der Waals surface area contributed by atoms with Crippen molar-refractivity contribution in [3.8, 4) is 22.8 Å². The maximum absolute atomic E-state index is 14.8. The summed E-state index contributed by atoms with van der Waals surface area (Å²) in [6.45, 7) is -0.170. The van der Waals surface area contributed by atoms with Crippen molar-refractivity contribution in [2.75, 3.05) is 20.0 Å². The first-order chi connectivity index (χ1) is 14.8. The van der Waals surface area contributed by atoms with Crippen LogP contribution in [-0.4, -0.2) is 25.2 Å². The van der Waals surface area contributed by atoms with Gasteiger partial charge in [0.2, 0.25) is 0 Å². The minimum absolute atomic E-state index is 0.0254. The normalized spacial score (nSPS) is 10.6. The molecule has 2 aromatic carbocycles. The van der Waals surface area contributed by atoms with Crippen LogP contribution in [0.4, 0.5) is 14.5 Å².